The van der Waals surface area contributed by atoms with Crippen LogP contribution < -0.4 is 5.73 Å². The van der Waals surface area contributed by atoms with Gasteiger partial charge in [0.2, 0.25) is 0 Å². The van der Waals surface area contributed by atoms with Crippen molar-refractivity contribution in [2.24, 2.45) is 5.73 Å². The number of hydrogen-bond donors (Lipinski definition) is 2. The van der Waals surface area contributed by atoms with Crippen molar-refractivity contribution in [1.82, 2.24) is 4.90 Å². The third kappa shape index (κ3) is 3.89. The van der Waals surface area contributed by atoms with Gasteiger partial charge in [0.1, 0.15) is 0 Å². The summed E-state index contributed by atoms with van der Waals surface area (Å²) in [5, 5.41) is 9.99. The predicted octanol–water partition coefficient (Wildman–Crippen LogP) is -0.180. The molecule has 102 valence electrons. The van der Waals surface area contributed by atoms with Crippen LogP contribution in [0.15, 0.2) is 0 Å². The second-order valence-corrected chi connectivity index (χ2v) is 5.26. The van der Waals surface area contributed by atoms with E-state index < -0.39 is 5.60 Å². The molecule has 4 atom stereocenters. The molecule has 0 radical (unpaired) electrons. The molecule has 0 aromatic carbocycles. The average molecular weight is 246 g/mol. The van der Waals surface area contributed by atoms with Gasteiger partial charge in [-0.15, -0.1) is 0 Å². The lowest BCUT2D eigenvalue weighted by Gasteiger charge is -2.31. The molecule has 5 nitrogen and oxygen atoms in total. The zero-order chi connectivity index (χ0) is 13.1. The van der Waals surface area contributed by atoms with E-state index >= 15 is 0 Å². The Morgan fingerprint density at radius 1 is 1.35 bits per heavy atom. The van der Waals surface area contributed by atoms with Crippen LogP contribution in [0.2, 0.25) is 0 Å². The second-order valence-electron chi connectivity index (χ2n) is 5.26. The quantitative estimate of drug-likeness (QED) is 0.680. The first-order valence-corrected chi connectivity index (χ1v) is 6.15. The Morgan fingerprint density at radius 2 is 1.82 bits per heavy atom. The van der Waals surface area contributed by atoms with Crippen molar-refractivity contribution in [1.29, 1.82) is 0 Å². The van der Waals surface area contributed by atoms with Crippen LogP contribution in [0.5, 0.6) is 0 Å². The molecule has 0 spiro atoms. The van der Waals surface area contributed by atoms with Crippen LogP contribution in [0.25, 0.3) is 0 Å². The monoisotopic (exact) mass is 246 g/mol. The summed E-state index contributed by atoms with van der Waals surface area (Å²) in [6.07, 6.45) is 0.895. The van der Waals surface area contributed by atoms with Crippen molar-refractivity contribution < 1.29 is 14.6 Å². The molecule has 1 saturated heterocycles. The third-order valence-electron chi connectivity index (χ3n) is 3.65. The number of aliphatic hydroxyl groups is 1. The summed E-state index contributed by atoms with van der Waals surface area (Å²) in [7, 11) is 3.42. The molecule has 4 unspecified atom stereocenters. The highest BCUT2D eigenvalue weighted by atomic mass is 16.5. The molecule has 0 aromatic heterocycles. The second kappa shape index (κ2) is 6.11. The number of nitrogens with two attached hydrogens (primary N) is 1. The summed E-state index contributed by atoms with van der Waals surface area (Å²) in [6, 6.07) is 0.270. The Bertz CT molecular complexity index is 224. The van der Waals surface area contributed by atoms with Gasteiger partial charge in [-0.05, 0) is 20.3 Å². The van der Waals surface area contributed by atoms with Crippen LogP contribution in [-0.4, -0.2) is 67.7 Å². The van der Waals surface area contributed by atoms with Gasteiger partial charge in [-0.1, -0.05) is 0 Å². The van der Waals surface area contributed by atoms with Gasteiger partial charge in [0.15, 0.2) is 0 Å². The maximum atomic E-state index is 9.99. The van der Waals surface area contributed by atoms with E-state index in [1.165, 1.54) is 0 Å². The summed E-state index contributed by atoms with van der Waals surface area (Å²) < 4.78 is 10.8. The number of hydrogen-bond acceptors (Lipinski definition) is 5. The normalized spacial score (nSPS) is 31.4. The van der Waals surface area contributed by atoms with Crippen molar-refractivity contribution in [3.8, 4) is 0 Å². The fraction of sp³-hybridized carbons (Fsp3) is 1.00. The first-order chi connectivity index (χ1) is 7.93. The van der Waals surface area contributed by atoms with Crippen LogP contribution in [0.4, 0.5) is 0 Å². The van der Waals surface area contributed by atoms with E-state index in [-0.39, 0.29) is 24.8 Å². The lowest BCUT2D eigenvalue weighted by molar-refractivity contribution is -0.00461. The number of rotatable bonds is 6. The first-order valence-electron chi connectivity index (χ1n) is 6.15. The van der Waals surface area contributed by atoms with E-state index in [1.807, 2.05) is 0 Å². The number of nitrogens with zero attached hydrogens (tertiary/aromatic N) is 1. The first kappa shape index (κ1) is 14.9. The Kier molecular flexibility index (Phi) is 5.34. The summed E-state index contributed by atoms with van der Waals surface area (Å²) in [5.41, 5.74) is 4.74. The molecule has 1 rings (SSSR count). The highest BCUT2D eigenvalue weighted by molar-refractivity contribution is 4.90. The van der Waals surface area contributed by atoms with Gasteiger partial charge in [0.25, 0.3) is 0 Å². The molecule has 0 saturated carbocycles. The number of likely N-dealkylation sites (tertiary alicyclic amines) is 1. The molecule has 0 bridgehead atoms. The van der Waals surface area contributed by atoms with Gasteiger partial charge in [0.05, 0.1) is 17.8 Å². The SMILES string of the molecule is COC1CN(C(C)CC(C)(O)CN)CC1OC. The van der Waals surface area contributed by atoms with E-state index in [4.69, 9.17) is 15.2 Å². The number of ether oxygens (including phenoxy) is 2. The van der Waals surface area contributed by atoms with Crippen LogP contribution >= 0.6 is 0 Å². The maximum Gasteiger partial charge on any atom is 0.0971 e. The zero-order valence-corrected chi connectivity index (χ0v) is 11.3. The molecular formula is C12H26N2O3. The Balaban J connectivity index is 2.52. The van der Waals surface area contributed by atoms with Gasteiger partial charge in [-0.25, -0.2) is 0 Å². The lowest BCUT2D eigenvalue weighted by atomic mass is 9.97. The van der Waals surface area contributed by atoms with E-state index in [2.05, 4.69) is 11.8 Å². The van der Waals surface area contributed by atoms with Crippen LogP contribution in [0, 0.1) is 0 Å². The van der Waals surface area contributed by atoms with Gasteiger partial charge in [-0.3, -0.25) is 4.90 Å². The third-order valence-corrected chi connectivity index (χ3v) is 3.65. The van der Waals surface area contributed by atoms with Crippen LogP contribution in [0.1, 0.15) is 20.3 Å². The molecule has 3 N–H and O–H groups in total. The van der Waals surface area contributed by atoms with Crippen molar-refractivity contribution in [3.63, 3.8) is 0 Å². The van der Waals surface area contributed by atoms with E-state index in [1.54, 1.807) is 21.1 Å². The van der Waals surface area contributed by atoms with Crippen molar-refractivity contribution in [3.05, 3.63) is 0 Å². The minimum Gasteiger partial charge on any atom is -0.389 e. The van der Waals surface area contributed by atoms with Crippen molar-refractivity contribution in [2.75, 3.05) is 33.9 Å². The topological polar surface area (TPSA) is 68.0 Å². The van der Waals surface area contributed by atoms with Crippen LogP contribution in [0.3, 0.4) is 0 Å². The summed E-state index contributed by atoms with van der Waals surface area (Å²) in [5.74, 6) is 0. The Morgan fingerprint density at radius 3 is 2.18 bits per heavy atom. The van der Waals surface area contributed by atoms with E-state index in [0.717, 1.165) is 13.1 Å². The standard InChI is InChI=1S/C12H26N2O3/c1-9(5-12(2,15)8-13)14-6-10(16-3)11(7-14)17-4/h9-11,15H,5-8,13H2,1-4H3. The molecule has 17 heavy (non-hydrogen) atoms. The van der Waals surface area contributed by atoms with Crippen LogP contribution in [-0.2, 0) is 9.47 Å². The maximum absolute atomic E-state index is 9.99. The highest BCUT2D eigenvalue weighted by Crippen LogP contribution is 2.22. The minimum atomic E-state index is -0.798. The van der Waals surface area contributed by atoms with E-state index in [0.29, 0.717) is 6.42 Å². The average Bonchev–Trinajstić information content (AvgIpc) is 2.71. The Hall–Kier alpha value is -0.200. The molecule has 1 heterocycles. The Labute approximate surface area is 104 Å². The molecular weight excluding hydrogens is 220 g/mol. The molecule has 0 amide bonds. The van der Waals surface area contributed by atoms with Gasteiger partial charge < -0.3 is 20.3 Å². The fourth-order valence-electron chi connectivity index (χ4n) is 2.43. The fourth-order valence-corrected chi connectivity index (χ4v) is 2.43. The van der Waals surface area contributed by atoms with E-state index in [9.17, 15) is 5.11 Å². The summed E-state index contributed by atoms with van der Waals surface area (Å²) in [6.45, 7) is 5.86. The molecule has 1 aliphatic heterocycles. The molecule has 1 fully saturated rings. The van der Waals surface area contributed by atoms with Crippen molar-refractivity contribution >= 4 is 0 Å². The number of methoxy groups -OCH3 is 2. The molecule has 0 aromatic rings. The molecule has 0 aliphatic carbocycles. The largest absolute Gasteiger partial charge is 0.389 e. The molecule has 1 aliphatic rings. The minimum absolute atomic E-state index is 0.116. The van der Waals surface area contributed by atoms with Gasteiger partial charge in [0, 0.05) is 39.9 Å². The summed E-state index contributed by atoms with van der Waals surface area (Å²) in [4.78, 5) is 2.28. The van der Waals surface area contributed by atoms with Crippen molar-refractivity contribution in [2.45, 2.75) is 44.1 Å². The molecule has 5 heteroatoms. The van der Waals surface area contributed by atoms with Gasteiger partial charge >= 0.3 is 0 Å². The highest BCUT2D eigenvalue weighted by Gasteiger charge is 2.36. The smallest absolute Gasteiger partial charge is 0.0971 e. The lowest BCUT2D eigenvalue weighted by Crippen LogP contribution is -2.43. The predicted molar refractivity (Wildman–Crippen MR) is 66.9 cm³/mol. The zero-order valence-electron chi connectivity index (χ0n) is 11.3. The summed E-state index contributed by atoms with van der Waals surface area (Å²) >= 11 is 0. The van der Waals surface area contributed by atoms with Gasteiger partial charge in [-0.2, -0.15) is 0 Å².